The molecule has 1 aromatic heterocycles. The number of carbonyl (C=O) groups is 1. The molecule has 2 heterocycles. The van der Waals surface area contributed by atoms with Gasteiger partial charge < -0.3 is 10.1 Å². The lowest BCUT2D eigenvalue weighted by Crippen LogP contribution is -2.25. The van der Waals surface area contributed by atoms with Crippen LogP contribution in [0.1, 0.15) is 35.9 Å². The smallest absolute Gasteiger partial charge is 0.309 e. The van der Waals surface area contributed by atoms with Crippen molar-refractivity contribution < 1.29 is 9.53 Å². The predicted octanol–water partition coefficient (Wildman–Crippen LogP) is 2.19. The third-order valence-corrected chi connectivity index (χ3v) is 4.26. The zero-order valence-corrected chi connectivity index (χ0v) is 13.8. The Bertz CT molecular complexity index is 689. The number of fused-ring (bicyclic) bond motifs is 1. The van der Waals surface area contributed by atoms with E-state index in [9.17, 15) is 4.79 Å². The fourth-order valence-corrected chi connectivity index (χ4v) is 3.06. The number of nitrogens with one attached hydrogen (secondary N) is 1. The number of carbonyl (C=O) groups excluding carboxylic acids is 1. The molecule has 122 valence electrons. The van der Waals surface area contributed by atoms with E-state index < -0.39 is 0 Å². The summed E-state index contributed by atoms with van der Waals surface area (Å²) in [6.45, 7) is 4.08. The molecular formula is C18H23N3O2. The van der Waals surface area contributed by atoms with Gasteiger partial charge >= 0.3 is 5.97 Å². The molecule has 1 aliphatic rings. The summed E-state index contributed by atoms with van der Waals surface area (Å²) in [7, 11) is 1.41. The van der Waals surface area contributed by atoms with Gasteiger partial charge in [-0.25, -0.2) is 4.68 Å². The fourth-order valence-electron chi connectivity index (χ4n) is 3.06. The molecule has 0 amide bonds. The maximum absolute atomic E-state index is 11.4. The Labute approximate surface area is 136 Å². The number of methoxy groups -OCH3 is 1. The second-order valence-corrected chi connectivity index (χ2v) is 5.88. The standard InChI is InChI=1S/C18H23N3O2/c1-3-4-16-15-12-19-10-9-17(15)21(20-16)14-7-5-13(6-8-14)11-18(22)23-2/h5-8,19H,3-4,9-12H2,1-2H3. The molecule has 0 saturated carbocycles. The molecule has 2 aromatic rings. The van der Waals surface area contributed by atoms with Crippen LogP contribution in [-0.4, -0.2) is 29.4 Å². The summed E-state index contributed by atoms with van der Waals surface area (Å²) in [6.07, 6.45) is 3.41. The molecule has 1 aliphatic heterocycles. The van der Waals surface area contributed by atoms with Crippen LogP contribution in [0.2, 0.25) is 0 Å². The third kappa shape index (κ3) is 3.29. The van der Waals surface area contributed by atoms with Gasteiger partial charge in [-0.15, -0.1) is 0 Å². The second kappa shape index (κ2) is 6.96. The van der Waals surface area contributed by atoms with E-state index in [1.54, 1.807) is 0 Å². The van der Waals surface area contributed by atoms with Crippen molar-refractivity contribution in [1.29, 1.82) is 0 Å². The Kier molecular flexibility index (Phi) is 4.76. The molecule has 1 aromatic carbocycles. The van der Waals surface area contributed by atoms with Crippen LogP contribution in [0, 0.1) is 0 Å². The molecule has 0 bridgehead atoms. The quantitative estimate of drug-likeness (QED) is 0.860. The summed E-state index contributed by atoms with van der Waals surface area (Å²) in [4.78, 5) is 11.4. The van der Waals surface area contributed by atoms with Gasteiger partial charge in [0.25, 0.3) is 0 Å². The predicted molar refractivity (Wildman–Crippen MR) is 88.7 cm³/mol. The number of hydrogen-bond acceptors (Lipinski definition) is 4. The van der Waals surface area contributed by atoms with Crippen LogP contribution >= 0.6 is 0 Å². The first-order chi connectivity index (χ1) is 11.2. The first-order valence-electron chi connectivity index (χ1n) is 8.19. The van der Waals surface area contributed by atoms with Gasteiger partial charge in [-0.3, -0.25) is 4.79 Å². The number of aromatic nitrogens is 2. The highest BCUT2D eigenvalue weighted by Gasteiger charge is 2.20. The van der Waals surface area contributed by atoms with Crippen molar-refractivity contribution in [3.8, 4) is 5.69 Å². The molecule has 5 heteroatoms. The Morgan fingerprint density at radius 1 is 1.35 bits per heavy atom. The number of aryl methyl sites for hydroxylation is 1. The summed E-state index contributed by atoms with van der Waals surface area (Å²) >= 11 is 0. The van der Waals surface area contributed by atoms with Crippen molar-refractivity contribution in [1.82, 2.24) is 15.1 Å². The van der Waals surface area contributed by atoms with Crippen molar-refractivity contribution in [2.24, 2.45) is 0 Å². The molecule has 0 fully saturated rings. The van der Waals surface area contributed by atoms with E-state index in [1.807, 2.05) is 24.3 Å². The lowest BCUT2D eigenvalue weighted by Gasteiger charge is -2.15. The highest BCUT2D eigenvalue weighted by atomic mass is 16.5. The molecule has 1 N–H and O–H groups in total. The van der Waals surface area contributed by atoms with Crippen LogP contribution in [-0.2, 0) is 35.3 Å². The number of benzene rings is 1. The Morgan fingerprint density at radius 3 is 2.83 bits per heavy atom. The molecular weight excluding hydrogens is 290 g/mol. The van der Waals surface area contributed by atoms with Gasteiger partial charge in [0, 0.05) is 25.1 Å². The number of ether oxygens (including phenoxy) is 1. The van der Waals surface area contributed by atoms with Gasteiger partial charge in [0.15, 0.2) is 0 Å². The number of hydrogen-bond donors (Lipinski definition) is 1. The highest BCUT2D eigenvalue weighted by molar-refractivity contribution is 5.72. The van der Waals surface area contributed by atoms with Crippen LogP contribution in [0.15, 0.2) is 24.3 Å². The van der Waals surface area contributed by atoms with Crippen molar-refractivity contribution in [2.75, 3.05) is 13.7 Å². The molecule has 0 aliphatic carbocycles. The highest BCUT2D eigenvalue weighted by Crippen LogP contribution is 2.23. The topological polar surface area (TPSA) is 56.2 Å². The van der Waals surface area contributed by atoms with Crippen molar-refractivity contribution in [2.45, 2.75) is 39.2 Å². The van der Waals surface area contributed by atoms with Gasteiger partial charge in [0.05, 0.1) is 30.6 Å². The minimum Gasteiger partial charge on any atom is -0.469 e. The Morgan fingerprint density at radius 2 is 2.13 bits per heavy atom. The lowest BCUT2D eigenvalue weighted by atomic mass is 10.0. The minimum atomic E-state index is -0.217. The monoisotopic (exact) mass is 313 g/mol. The summed E-state index contributed by atoms with van der Waals surface area (Å²) in [6, 6.07) is 8.01. The van der Waals surface area contributed by atoms with Crippen LogP contribution in [0.3, 0.4) is 0 Å². The SMILES string of the molecule is CCCc1nn(-c2ccc(CC(=O)OC)cc2)c2c1CNCC2. The molecule has 0 spiro atoms. The first kappa shape index (κ1) is 15.7. The number of esters is 1. The fraction of sp³-hybridized carbons (Fsp3) is 0.444. The third-order valence-electron chi connectivity index (χ3n) is 4.26. The zero-order chi connectivity index (χ0) is 16.2. The molecule has 0 saturated heterocycles. The maximum Gasteiger partial charge on any atom is 0.309 e. The van der Waals surface area contributed by atoms with E-state index in [4.69, 9.17) is 9.84 Å². The average Bonchev–Trinajstić information content (AvgIpc) is 2.95. The number of rotatable bonds is 5. The van der Waals surface area contributed by atoms with Crippen LogP contribution in [0.25, 0.3) is 5.69 Å². The molecule has 0 unspecified atom stereocenters. The second-order valence-electron chi connectivity index (χ2n) is 5.88. The first-order valence-corrected chi connectivity index (χ1v) is 8.19. The van der Waals surface area contributed by atoms with E-state index in [0.29, 0.717) is 6.42 Å². The van der Waals surface area contributed by atoms with E-state index in [1.165, 1.54) is 24.1 Å². The van der Waals surface area contributed by atoms with E-state index in [2.05, 4.69) is 16.9 Å². The summed E-state index contributed by atoms with van der Waals surface area (Å²) in [5, 5.41) is 8.28. The van der Waals surface area contributed by atoms with E-state index in [-0.39, 0.29) is 5.97 Å². The van der Waals surface area contributed by atoms with Crippen molar-refractivity contribution in [3.63, 3.8) is 0 Å². The zero-order valence-electron chi connectivity index (χ0n) is 13.8. The normalized spacial score (nSPS) is 13.7. The Hall–Kier alpha value is -2.14. The van der Waals surface area contributed by atoms with E-state index in [0.717, 1.165) is 43.6 Å². The van der Waals surface area contributed by atoms with Gasteiger partial charge in [-0.1, -0.05) is 25.5 Å². The lowest BCUT2D eigenvalue weighted by molar-refractivity contribution is -0.139. The number of nitrogens with zero attached hydrogens (tertiary/aromatic N) is 2. The van der Waals surface area contributed by atoms with Crippen molar-refractivity contribution in [3.05, 3.63) is 46.8 Å². The van der Waals surface area contributed by atoms with Gasteiger partial charge in [0.1, 0.15) is 0 Å². The van der Waals surface area contributed by atoms with Crippen LogP contribution in [0.5, 0.6) is 0 Å². The van der Waals surface area contributed by atoms with E-state index >= 15 is 0 Å². The van der Waals surface area contributed by atoms with Crippen molar-refractivity contribution >= 4 is 5.97 Å². The molecule has 0 atom stereocenters. The summed E-state index contributed by atoms with van der Waals surface area (Å²) in [5.74, 6) is -0.217. The van der Waals surface area contributed by atoms with Gasteiger partial charge in [-0.05, 0) is 24.1 Å². The summed E-state index contributed by atoms with van der Waals surface area (Å²) in [5.41, 5.74) is 5.88. The Balaban J connectivity index is 1.90. The molecule has 3 rings (SSSR count). The molecule has 5 nitrogen and oxygen atoms in total. The molecule has 0 radical (unpaired) electrons. The van der Waals surface area contributed by atoms with Crippen LogP contribution < -0.4 is 5.32 Å². The summed E-state index contributed by atoms with van der Waals surface area (Å²) < 4.78 is 6.78. The molecule has 23 heavy (non-hydrogen) atoms. The average molecular weight is 313 g/mol. The largest absolute Gasteiger partial charge is 0.469 e. The maximum atomic E-state index is 11.4. The van der Waals surface area contributed by atoms with Crippen LogP contribution in [0.4, 0.5) is 0 Å². The van der Waals surface area contributed by atoms with Gasteiger partial charge in [-0.2, -0.15) is 5.10 Å². The minimum absolute atomic E-state index is 0.217. The van der Waals surface area contributed by atoms with Gasteiger partial charge in [0.2, 0.25) is 0 Å².